The summed E-state index contributed by atoms with van der Waals surface area (Å²) in [6.07, 6.45) is 2.94. The number of para-hydroxylation sites is 1. The summed E-state index contributed by atoms with van der Waals surface area (Å²) in [6, 6.07) is 14.3. The molecule has 2 aromatic heterocycles. The van der Waals surface area contributed by atoms with Crippen molar-refractivity contribution >= 4 is 34.4 Å². The van der Waals surface area contributed by atoms with Crippen molar-refractivity contribution in [2.24, 2.45) is 5.73 Å². The van der Waals surface area contributed by atoms with E-state index < -0.39 is 22.9 Å². The zero-order valence-corrected chi connectivity index (χ0v) is 27.1. The number of allylic oxidation sites excluding steroid dienone is 1. The van der Waals surface area contributed by atoms with Crippen LogP contribution in [0.25, 0.3) is 16.0 Å². The second-order valence-electron chi connectivity index (χ2n) is 10.0. The van der Waals surface area contributed by atoms with Gasteiger partial charge in [0.05, 0.1) is 10.6 Å². The topological polar surface area (TPSA) is 127 Å². The number of unbranched alkanes of at least 4 members (excludes halogenated alkanes) is 1. The van der Waals surface area contributed by atoms with Gasteiger partial charge in [-0.25, -0.2) is 19.3 Å². The number of halogens is 4. The monoisotopic (exact) mass is 668 g/mol. The zero-order valence-electron chi connectivity index (χ0n) is 26.2. The zero-order chi connectivity index (χ0) is 34.6. The average Bonchev–Trinajstić information content (AvgIpc) is 3.52. The molecular weight excluding hydrogens is 632 g/mol. The van der Waals surface area contributed by atoms with Gasteiger partial charge in [-0.15, -0.1) is 11.3 Å². The maximum atomic E-state index is 14.2. The average molecular weight is 669 g/mol. The summed E-state index contributed by atoms with van der Waals surface area (Å²) in [5.41, 5.74) is 8.04. The first-order valence-electron chi connectivity index (χ1n) is 14.8. The fourth-order valence-corrected chi connectivity index (χ4v) is 5.00. The largest absolute Gasteiger partial charge is 0.443 e. The highest BCUT2D eigenvalue weighted by molar-refractivity contribution is 7.15. The Labute approximate surface area is 275 Å². The predicted octanol–water partition coefficient (Wildman–Crippen LogP) is 8.75. The number of amides is 1. The van der Waals surface area contributed by atoms with Crippen molar-refractivity contribution in [2.75, 3.05) is 5.32 Å². The Hall–Kier alpha value is -4.91. The molecule has 0 aliphatic heterocycles. The fraction of sp³-hybridized carbons (Fsp3) is 0.265. The van der Waals surface area contributed by atoms with E-state index in [0.717, 1.165) is 18.4 Å². The van der Waals surface area contributed by atoms with Crippen LogP contribution in [0.5, 0.6) is 0 Å². The Bertz CT molecular complexity index is 1700. The van der Waals surface area contributed by atoms with Gasteiger partial charge in [0.15, 0.2) is 10.9 Å². The van der Waals surface area contributed by atoms with E-state index >= 15 is 0 Å². The molecule has 2 aromatic carbocycles. The first-order valence-corrected chi connectivity index (χ1v) is 15.7. The molecule has 0 spiro atoms. The molecule has 0 unspecified atom stereocenters. The summed E-state index contributed by atoms with van der Waals surface area (Å²) in [7, 11) is 0. The van der Waals surface area contributed by atoms with Crippen LogP contribution >= 0.6 is 11.3 Å². The van der Waals surface area contributed by atoms with E-state index in [1.807, 2.05) is 51.1 Å². The third-order valence-electron chi connectivity index (χ3n) is 6.48. The molecule has 0 saturated heterocycles. The number of anilines is 1. The minimum Gasteiger partial charge on any atom is -0.422 e. The molecule has 4 N–H and O–H groups in total. The quantitative estimate of drug-likeness (QED) is 0.0635. The van der Waals surface area contributed by atoms with Gasteiger partial charge >= 0.3 is 6.18 Å². The Morgan fingerprint density at radius 3 is 2.36 bits per heavy atom. The second kappa shape index (κ2) is 17.1. The molecule has 0 aliphatic rings. The first-order chi connectivity index (χ1) is 22.4. The summed E-state index contributed by atoms with van der Waals surface area (Å²) in [4.78, 5) is 23.7. The van der Waals surface area contributed by atoms with E-state index in [1.165, 1.54) is 24.5 Å². The van der Waals surface area contributed by atoms with Crippen molar-refractivity contribution in [3.8, 4) is 10.4 Å². The van der Waals surface area contributed by atoms with Crippen molar-refractivity contribution in [2.45, 2.75) is 59.1 Å². The van der Waals surface area contributed by atoms with Crippen LogP contribution in [-0.2, 0) is 22.1 Å². The van der Waals surface area contributed by atoms with Crippen LogP contribution in [0, 0.1) is 11.2 Å². The molecule has 0 radical (unpaired) electrons. The van der Waals surface area contributed by atoms with Gasteiger partial charge < -0.3 is 15.8 Å². The van der Waals surface area contributed by atoms with Crippen molar-refractivity contribution in [3.63, 3.8) is 0 Å². The van der Waals surface area contributed by atoms with Crippen LogP contribution in [-0.4, -0.2) is 26.8 Å². The summed E-state index contributed by atoms with van der Waals surface area (Å²) < 4.78 is 58.3. The molecule has 248 valence electrons. The molecule has 0 aliphatic carbocycles. The lowest BCUT2D eigenvalue weighted by Crippen LogP contribution is -2.14. The van der Waals surface area contributed by atoms with Crippen LogP contribution in [0.1, 0.15) is 74.1 Å². The predicted molar refractivity (Wildman–Crippen MR) is 177 cm³/mol. The molecule has 0 fully saturated rings. The van der Waals surface area contributed by atoms with E-state index in [2.05, 4.69) is 26.8 Å². The SMILES string of the molecule is C=C(c1ccccc1)c1cccc(F)c1NC(=O)CCCC.CC/C=C(\N)OC(=N)c1nc(C(F)(F)F)sc1-c1cnc(CC)nc1. The van der Waals surface area contributed by atoms with Gasteiger partial charge in [0.2, 0.25) is 11.8 Å². The number of carbonyl (C=O) groups excluding carboxylic acids is 1. The van der Waals surface area contributed by atoms with Crippen molar-refractivity contribution in [1.82, 2.24) is 15.0 Å². The number of hydrogen-bond donors (Lipinski definition) is 3. The summed E-state index contributed by atoms with van der Waals surface area (Å²) in [5, 5.41) is 9.53. The normalized spacial score (nSPS) is 11.3. The van der Waals surface area contributed by atoms with Gasteiger partial charge in [0.25, 0.3) is 0 Å². The third-order valence-corrected chi connectivity index (χ3v) is 7.63. The minimum absolute atomic E-state index is 0.0717. The molecule has 13 heteroatoms. The number of aryl methyl sites for hydroxylation is 1. The summed E-state index contributed by atoms with van der Waals surface area (Å²) in [6.45, 7) is 9.73. The Morgan fingerprint density at radius 2 is 1.77 bits per heavy atom. The van der Waals surface area contributed by atoms with Crippen LogP contribution in [0.4, 0.5) is 23.2 Å². The molecule has 1 amide bonds. The maximum absolute atomic E-state index is 14.2. The van der Waals surface area contributed by atoms with E-state index in [4.69, 9.17) is 15.9 Å². The Balaban J connectivity index is 0.000000257. The molecule has 0 atom stereocenters. The number of benzene rings is 2. The molecule has 4 rings (SSSR count). The highest BCUT2D eigenvalue weighted by atomic mass is 32.1. The molecule has 2 heterocycles. The van der Waals surface area contributed by atoms with Gasteiger partial charge in [-0.2, -0.15) is 13.2 Å². The number of aromatic nitrogens is 3. The smallest absolute Gasteiger partial charge is 0.422 e. The lowest BCUT2D eigenvalue weighted by atomic mass is 9.97. The van der Waals surface area contributed by atoms with Gasteiger partial charge in [-0.05, 0) is 36.1 Å². The Morgan fingerprint density at radius 1 is 1.09 bits per heavy atom. The van der Waals surface area contributed by atoms with Gasteiger partial charge in [-0.1, -0.05) is 76.2 Å². The molecule has 0 bridgehead atoms. The molecule has 8 nitrogen and oxygen atoms in total. The van der Waals surface area contributed by atoms with E-state index in [0.29, 0.717) is 53.1 Å². The second-order valence-corrected chi connectivity index (χ2v) is 11.0. The third kappa shape index (κ3) is 10.3. The van der Waals surface area contributed by atoms with Crippen LogP contribution in [0.15, 0.2) is 79.5 Å². The fourth-order valence-electron chi connectivity index (χ4n) is 4.09. The molecule has 4 aromatic rings. The van der Waals surface area contributed by atoms with Crippen LogP contribution in [0.2, 0.25) is 0 Å². The molecule has 0 saturated carbocycles. The van der Waals surface area contributed by atoms with E-state index in [9.17, 15) is 22.4 Å². The lowest BCUT2D eigenvalue weighted by molar-refractivity contribution is -0.137. The van der Waals surface area contributed by atoms with Gasteiger partial charge in [0, 0.05) is 36.4 Å². The number of nitrogens with zero attached hydrogens (tertiary/aromatic N) is 3. The van der Waals surface area contributed by atoms with Crippen LogP contribution in [0.3, 0.4) is 0 Å². The number of thiazole rings is 1. The lowest BCUT2D eigenvalue weighted by Gasteiger charge is -2.14. The number of rotatable bonds is 11. The Kier molecular flexibility index (Phi) is 13.3. The number of nitrogens with two attached hydrogens (primary N) is 1. The minimum atomic E-state index is -4.63. The van der Waals surface area contributed by atoms with Crippen molar-refractivity contribution < 1.29 is 27.1 Å². The number of nitrogens with one attached hydrogen (secondary N) is 2. The van der Waals surface area contributed by atoms with Crippen LogP contribution < -0.4 is 11.1 Å². The summed E-state index contributed by atoms with van der Waals surface area (Å²) in [5.74, 6) is -0.693. The van der Waals surface area contributed by atoms with Crippen molar-refractivity contribution in [1.29, 1.82) is 5.41 Å². The standard InChI is InChI=1S/C19H20FNO.C15H16F3N5OS/c1-3-4-13-18(22)21-19-16(11-8-12-17(19)20)14(2)15-9-6-5-7-10-15;1-3-5-9(19)24-13(20)11-12(25-14(23-11)15(16,17)18)8-6-21-10(4-2)22-7-8/h5-12H,2-4,13H2,1H3,(H,21,22);5-7,20H,3-4,19H2,1-2H3/b;9-5+,20-13?. The molecular formula is C34H36F4N6O2S. The van der Waals surface area contributed by atoms with E-state index in [-0.39, 0.29) is 28.0 Å². The maximum Gasteiger partial charge on any atom is 0.443 e. The number of alkyl halides is 3. The summed E-state index contributed by atoms with van der Waals surface area (Å²) >= 11 is 0.405. The van der Waals surface area contributed by atoms with Crippen molar-refractivity contribution in [3.05, 3.63) is 113 Å². The van der Waals surface area contributed by atoms with Gasteiger partial charge in [0.1, 0.15) is 17.3 Å². The first kappa shape index (κ1) is 36.6. The van der Waals surface area contributed by atoms with E-state index in [1.54, 1.807) is 12.1 Å². The highest BCUT2D eigenvalue weighted by Gasteiger charge is 2.37. The highest BCUT2D eigenvalue weighted by Crippen LogP contribution is 2.39. The number of ether oxygens (including phenoxy) is 1. The number of hydrogen-bond acceptors (Lipinski definition) is 8. The molecule has 47 heavy (non-hydrogen) atoms. The van der Waals surface area contributed by atoms with Gasteiger partial charge in [-0.3, -0.25) is 10.2 Å². The number of carbonyl (C=O) groups is 1.